The third-order valence-electron chi connectivity index (χ3n) is 6.09. The van der Waals surface area contributed by atoms with Crippen LogP contribution in [-0.4, -0.2) is 32.9 Å². The van der Waals surface area contributed by atoms with Gasteiger partial charge >= 0.3 is 0 Å². The van der Waals surface area contributed by atoms with Crippen molar-refractivity contribution in [2.45, 2.75) is 13.3 Å². The van der Waals surface area contributed by atoms with Crippen LogP contribution in [0.2, 0.25) is 0 Å². The Labute approximate surface area is 246 Å². The Hall–Kier alpha value is -4.97. The van der Waals surface area contributed by atoms with Crippen LogP contribution >= 0.6 is 15.9 Å². The molecule has 0 aliphatic carbocycles. The number of halogens is 3. The van der Waals surface area contributed by atoms with Gasteiger partial charge in [-0.1, -0.05) is 22.9 Å². The van der Waals surface area contributed by atoms with Crippen molar-refractivity contribution < 1.29 is 23.1 Å². The SMILES string of the molecule is CCCNC(=O)c1cc(Oc2ccc(NC(=O)c3cn(-c4ccc(Br)cc4F)c4ncccc4c3=O)cc2F)ccn1. The third-order valence-corrected chi connectivity index (χ3v) is 6.59. The van der Waals surface area contributed by atoms with Crippen LogP contribution in [0, 0.1) is 11.6 Å². The number of fused-ring (bicyclic) bond motifs is 1. The standard InChI is InChI=1S/C30H22BrF2N5O4/c1-2-10-36-30(41)24-15-19(9-12-34-24)42-26-8-6-18(14-23(26)33)37-29(40)21-16-38(25-7-5-17(31)13-22(25)32)28-20(27(21)39)4-3-11-35-28/h3-9,11-16H,2,10H2,1H3,(H,36,41)(H,37,40). The highest BCUT2D eigenvalue weighted by Gasteiger charge is 2.19. The minimum Gasteiger partial charge on any atom is -0.454 e. The molecule has 3 aromatic heterocycles. The predicted octanol–water partition coefficient (Wildman–Crippen LogP) is 6.01. The van der Waals surface area contributed by atoms with E-state index < -0.39 is 23.0 Å². The number of carbonyl (C=O) groups is 2. The van der Waals surface area contributed by atoms with Gasteiger partial charge in [0.15, 0.2) is 11.6 Å². The Morgan fingerprint density at radius 1 is 0.976 bits per heavy atom. The first-order chi connectivity index (χ1) is 20.2. The molecule has 9 nitrogen and oxygen atoms in total. The van der Waals surface area contributed by atoms with Gasteiger partial charge in [0.2, 0.25) is 5.43 Å². The van der Waals surface area contributed by atoms with Gasteiger partial charge < -0.3 is 15.4 Å². The summed E-state index contributed by atoms with van der Waals surface area (Å²) in [6.45, 7) is 2.40. The van der Waals surface area contributed by atoms with Crippen LogP contribution in [0.15, 0.2) is 88.5 Å². The number of hydrogen-bond acceptors (Lipinski definition) is 6. The highest BCUT2D eigenvalue weighted by molar-refractivity contribution is 9.10. The molecule has 5 aromatic rings. The number of rotatable bonds is 8. The quantitative estimate of drug-likeness (QED) is 0.216. The zero-order valence-corrected chi connectivity index (χ0v) is 23.6. The molecule has 0 fully saturated rings. The molecule has 42 heavy (non-hydrogen) atoms. The van der Waals surface area contributed by atoms with Gasteiger partial charge in [-0.05, 0) is 55.0 Å². The Kier molecular flexibility index (Phi) is 8.34. The summed E-state index contributed by atoms with van der Waals surface area (Å²) in [6.07, 6.45) is 4.78. The number of pyridine rings is 3. The van der Waals surface area contributed by atoms with E-state index in [0.717, 1.165) is 12.5 Å². The molecular weight excluding hydrogens is 612 g/mol. The minimum atomic E-state index is -0.832. The van der Waals surface area contributed by atoms with E-state index in [4.69, 9.17) is 4.74 Å². The second-order valence-electron chi connectivity index (χ2n) is 9.05. The molecule has 3 heterocycles. The summed E-state index contributed by atoms with van der Waals surface area (Å²) in [5.74, 6) is -2.60. The lowest BCUT2D eigenvalue weighted by molar-refractivity contribution is 0.0947. The lowest BCUT2D eigenvalue weighted by atomic mass is 10.1. The summed E-state index contributed by atoms with van der Waals surface area (Å²) in [5, 5.41) is 5.31. The van der Waals surface area contributed by atoms with E-state index in [-0.39, 0.29) is 51.1 Å². The maximum Gasteiger partial charge on any atom is 0.270 e. The molecule has 2 aromatic carbocycles. The van der Waals surface area contributed by atoms with Gasteiger partial charge in [-0.3, -0.25) is 23.9 Å². The van der Waals surface area contributed by atoms with Gasteiger partial charge in [-0.15, -0.1) is 0 Å². The summed E-state index contributed by atoms with van der Waals surface area (Å²) in [7, 11) is 0. The molecule has 0 spiro atoms. The third kappa shape index (κ3) is 6.03. The van der Waals surface area contributed by atoms with Crippen LogP contribution in [0.5, 0.6) is 11.5 Å². The molecule has 0 radical (unpaired) electrons. The Morgan fingerprint density at radius 2 is 1.81 bits per heavy atom. The number of nitrogens with one attached hydrogen (secondary N) is 2. The number of ether oxygens (including phenoxy) is 1. The van der Waals surface area contributed by atoms with Gasteiger partial charge in [-0.2, -0.15) is 0 Å². The minimum absolute atomic E-state index is 0.0475. The van der Waals surface area contributed by atoms with Crippen molar-refractivity contribution in [3.63, 3.8) is 0 Å². The monoisotopic (exact) mass is 633 g/mol. The van der Waals surface area contributed by atoms with Gasteiger partial charge in [-0.25, -0.2) is 13.8 Å². The Morgan fingerprint density at radius 3 is 2.57 bits per heavy atom. The Balaban J connectivity index is 1.41. The van der Waals surface area contributed by atoms with E-state index in [1.165, 1.54) is 71.7 Å². The fourth-order valence-electron chi connectivity index (χ4n) is 4.10. The molecule has 5 rings (SSSR count). The maximum absolute atomic E-state index is 15.0. The number of amides is 2. The lowest BCUT2D eigenvalue weighted by Gasteiger charge is -2.14. The van der Waals surface area contributed by atoms with Crippen molar-refractivity contribution in [3.05, 3.63) is 117 Å². The molecule has 0 unspecified atom stereocenters. The van der Waals surface area contributed by atoms with Crippen molar-refractivity contribution in [2.75, 3.05) is 11.9 Å². The van der Waals surface area contributed by atoms with E-state index in [9.17, 15) is 23.2 Å². The first-order valence-electron chi connectivity index (χ1n) is 12.7. The van der Waals surface area contributed by atoms with Gasteiger partial charge in [0.1, 0.15) is 28.5 Å². The van der Waals surface area contributed by atoms with Crippen LogP contribution in [0.4, 0.5) is 14.5 Å². The van der Waals surface area contributed by atoms with E-state index in [2.05, 4.69) is 36.5 Å². The molecule has 0 aliphatic rings. The highest BCUT2D eigenvalue weighted by atomic mass is 79.9. The number of anilines is 1. The highest BCUT2D eigenvalue weighted by Crippen LogP contribution is 2.27. The van der Waals surface area contributed by atoms with Gasteiger partial charge in [0.25, 0.3) is 11.8 Å². The molecular formula is C30H22BrF2N5O4. The van der Waals surface area contributed by atoms with Crippen molar-refractivity contribution in [2.24, 2.45) is 0 Å². The number of aromatic nitrogens is 3. The average Bonchev–Trinajstić information content (AvgIpc) is 2.98. The summed E-state index contributed by atoms with van der Waals surface area (Å²) in [6, 6.07) is 13.9. The number of benzene rings is 2. The smallest absolute Gasteiger partial charge is 0.270 e. The molecule has 0 bridgehead atoms. The molecule has 2 N–H and O–H groups in total. The van der Waals surface area contributed by atoms with Crippen molar-refractivity contribution in [1.29, 1.82) is 0 Å². The lowest BCUT2D eigenvalue weighted by Crippen LogP contribution is -2.24. The predicted molar refractivity (Wildman–Crippen MR) is 156 cm³/mol. The summed E-state index contributed by atoms with van der Waals surface area (Å²) in [5.41, 5.74) is -0.526. The van der Waals surface area contributed by atoms with Crippen LogP contribution in [-0.2, 0) is 0 Å². The number of hydrogen-bond donors (Lipinski definition) is 2. The van der Waals surface area contributed by atoms with Crippen LogP contribution in [0.1, 0.15) is 34.2 Å². The summed E-state index contributed by atoms with van der Waals surface area (Å²) in [4.78, 5) is 46.8. The normalized spacial score (nSPS) is 10.9. The zero-order valence-electron chi connectivity index (χ0n) is 22.0. The maximum atomic E-state index is 15.0. The van der Waals surface area contributed by atoms with Crippen molar-refractivity contribution >= 4 is 44.5 Å². The molecule has 0 saturated carbocycles. The van der Waals surface area contributed by atoms with Crippen molar-refractivity contribution in [1.82, 2.24) is 19.9 Å². The first kappa shape index (κ1) is 28.6. The first-order valence-corrected chi connectivity index (χ1v) is 13.5. The van der Waals surface area contributed by atoms with Crippen LogP contribution in [0.25, 0.3) is 16.7 Å². The second kappa shape index (κ2) is 12.3. The van der Waals surface area contributed by atoms with E-state index in [1.54, 1.807) is 6.07 Å². The molecule has 0 atom stereocenters. The van der Waals surface area contributed by atoms with E-state index in [0.29, 0.717) is 11.0 Å². The van der Waals surface area contributed by atoms with E-state index in [1.807, 2.05) is 6.92 Å². The molecule has 0 aliphatic heterocycles. The summed E-state index contributed by atoms with van der Waals surface area (Å²) >= 11 is 3.21. The fraction of sp³-hybridized carbons (Fsp3) is 0.100. The summed E-state index contributed by atoms with van der Waals surface area (Å²) < 4.78 is 37.3. The average molecular weight is 634 g/mol. The fourth-order valence-corrected chi connectivity index (χ4v) is 4.43. The zero-order chi connectivity index (χ0) is 29.8. The Bertz CT molecular complexity index is 1900. The number of carbonyl (C=O) groups excluding carboxylic acids is 2. The van der Waals surface area contributed by atoms with Crippen molar-refractivity contribution in [3.8, 4) is 17.2 Å². The number of nitrogens with zero attached hydrogens (tertiary/aromatic N) is 3. The van der Waals surface area contributed by atoms with E-state index >= 15 is 0 Å². The second-order valence-corrected chi connectivity index (χ2v) is 9.96. The largest absolute Gasteiger partial charge is 0.454 e. The van der Waals surface area contributed by atoms with Crippen LogP contribution in [0.3, 0.4) is 0 Å². The molecule has 212 valence electrons. The van der Waals surface area contributed by atoms with Crippen LogP contribution < -0.4 is 20.8 Å². The molecule has 2 amide bonds. The topological polar surface area (TPSA) is 115 Å². The molecule has 12 heteroatoms. The molecule has 0 saturated heterocycles. The van der Waals surface area contributed by atoms with Gasteiger partial charge in [0.05, 0.1) is 11.1 Å². The van der Waals surface area contributed by atoms with Gasteiger partial charge in [0, 0.05) is 47.4 Å².